The van der Waals surface area contributed by atoms with Crippen molar-refractivity contribution >= 4 is 0 Å². The summed E-state index contributed by atoms with van der Waals surface area (Å²) in [5.41, 5.74) is 1.98. The van der Waals surface area contributed by atoms with Gasteiger partial charge in [0.15, 0.2) is 0 Å². The summed E-state index contributed by atoms with van der Waals surface area (Å²) in [5.74, 6) is 2.59. The number of aromatic nitrogens is 2. The molecule has 25 heavy (non-hydrogen) atoms. The lowest BCUT2D eigenvalue weighted by molar-refractivity contribution is 0.169. The lowest BCUT2D eigenvalue weighted by Gasteiger charge is -2.26. The minimum absolute atomic E-state index is 0.0828. The first-order chi connectivity index (χ1) is 12.1. The van der Waals surface area contributed by atoms with Gasteiger partial charge in [0.2, 0.25) is 5.89 Å². The predicted molar refractivity (Wildman–Crippen MR) is 93.8 cm³/mol. The molecule has 0 saturated carbocycles. The molecule has 0 spiro atoms. The Labute approximate surface area is 147 Å². The Morgan fingerprint density at radius 3 is 2.52 bits per heavy atom. The normalized spacial score (nSPS) is 12.7. The third-order valence-electron chi connectivity index (χ3n) is 4.24. The fraction of sp³-hybridized carbons (Fsp3) is 0.368. The minimum atomic E-state index is 0.0828. The van der Waals surface area contributed by atoms with Gasteiger partial charge in [-0.3, -0.25) is 4.90 Å². The lowest BCUT2D eigenvalue weighted by Crippen LogP contribution is -2.25. The van der Waals surface area contributed by atoms with Crippen LogP contribution in [0.3, 0.4) is 0 Å². The predicted octanol–water partition coefficient (Wildman–Crippen LogP) is 3.50. The zero-order valence-corrected chi connectivity index (χ0v) is 14.8. The van der Waals surface area contributed by atoms with Crippen LogP contribution in [0.4, 0.5) is 0 Å². The van der Waals surface area contributed by atoms with Crippen molar-refractivity contribution in [2.24, 2.45) is 0 Å². The summed E-state index contributed by atoms with van der Waals surface area (Å²) < 4.78 is 11.3. The Morgan fingerprint density at radius 1 is 1.12 bits per heavy atom. The van der Waals surface area contributed by atoms with Gasteiger partial charge in [-0.1, -0.05) is 30.3 Å². The number of rotatable bonds is 7. The van der Waals surface area contributed by atoms with Crippen LogP contribution >= 0.6 is 0 Å². The number of hydrogen-bond donors (Lipinski definition) is 1. The monoisotopic (exact) mass is 341 g/mol. The van der Waals surface area contributed by atoms with E-state index in [0.717, 1.165) is 22.6 Å². The fourth-order valence-electron chi connectivity index (χ4n) is 3.03. The Morgan fingerprint density at radius 2 is 1.88 bits per heavy atom. The van der Waals surface area contributed by atoms with Crippen LogP contribution in [0, 0.1) is 13.8 Å². The van der Waals surface area contributed by atoms with E-state index in [9.17, 15) is 5.11 Å². The van der Waals surface area contributed by atoms with E-state index in [1.165, 1.54) is 0 Å². The second-order valence-electron chi connectivity index (χ2n) is 6.18. The van der Waals surface area contributed by atoms with Gasteiger partial charge in [-0.25, -0.2) is 0 Å². The van der Waals surface area contributed by atoms with E-state index in [4.69, 9.17) is 8.83 Å². The SMILES string of the molecule is Cc1cc(-c2nnc(CN(C)C(CCO)c3ccccc3)o2)c(C)o1. The zero-order chi connectivity index (χ0) is 17.8. The fourth-order valence-corrected chi connectivity index (χ4v) is 3.03. The highest BCUT2D eigenvalue weighted by atomic mass is 16.4. The molecule has 0 fully saturated rings. The van der Waals surface area contributed by atoms with Crippen molar-refractivity contribution in [3.63, 3.8) is 0 Å². The molecule has 0 radical (unpaired) electrons. The Bertz CT molecular complexity index is 810. The second-order valence-corrected chi connectivity index (χ2v) is 6.18. The molecule has 3 aromatic rings. The summed E-state index contributed by atoms with van der Waals surface area (Å²) in [5, 5.41) is 17.7. The van der Waals surface area contributed by atoms with E-state index < -0.39 is 0 Å². The van der Waals surface area contributed by atoms with Crippen molar-refractivity contribution in [3.8, 4) is 11.5 Å². The number of hydrogen-bond acceptors (Lipinski definition) is 6. The summed E-state index contributed by atoms with van der Waals surface area (Å²) >= 11 is 0. The van der Waals surface area contributed by atoms with Crippen LogP contribution in [0.1, 0.15) is 35.4 Å². The van der Waals surface area contributed by atoms with Crippen molar-refractivity contribution in [2.75, 3.05) is 13.7 Å². The molecule has 6 heteroatoms. The van der Waals surface area contributed by atoms with Gasteiger partial charge in [0, 0.05) is 12.6 Å². The Kier molecular flexibility index (Phi) is 5.31. The van der Waals surface area contributed by atoms with Gasteiger partial charge in [0.1, 0.15) is 11.5 Å². The molecule has 3 rings (SSSR count). The van der Waals surface area contributed by atoms with Gasteiger partial charge < -0.3 is 13.9 Å². The summed E-state index contributed by atoms with van der Waals surface area (Å²) in [4.78, 5) is 2.11. The molecule has 132 valence electrons. The van der Waals surface area contributed by atoms with Crippen LogP contribution in [0.15, 0.2) is 45.2 Å². The average Bonchev–Trinajstić information content (AvgIpc) is 3.19. The second kappa shape index (κ2) is 7.63. The van der Waals surface area contributed by atoms with Gasteiger partial charge in [0.05, 0.1) is 12.1 Å². The van der Waals surface area contributed by atoms with Crippen LogP contribution in [-0.4, -0.2) is 33.9 Å². The highest BCUT2D eigenvalue weighted by molar-refractivity contribution is 5.55. The van der Waals surface area contributed by atoms with E-state index in [2.05, 4.69) is 27.2 Å². The van der Waals surface area contributed by atoms with Crippen molar-refractivity contribution in [2.45, 2.75) is 32.9 Å². The topological polar surface area (TPSA) is 75.5 Å². The molecule has 6 nitrogen and oxygen atoms in total. The van der Waals surface area contributed by atoms with Crippen LogP contribution in [-0.2, 0) is 6.54 Å². The molecule has 2 aromatic heterocycles. The third-order valence-corrected chi connectivity index (χ3v) is 4.24. The van der Waals surface area contributed by atoms with Gasteiger partial charge in [-0.15, -0.1) is 10.2 Å². The number of aryl methyl sites for hydroxylation is 2. The number of furan rings is 1. The molecule has 0 amide bonds. The Hall–Kier alpha value is -2.44. The van der Waals surface area contributed by atoms with Crippen LogP contribution in [0.25, 0.3) is 11.5 Å². The molecule has 0 aliphatic heterocycles. The number of nitrogens with zero attached hydrogens (tertiary/aromatic N) is 3. The minimum Gasteiger partial charge on any atom is -0.466 e. The van der Waals surface area contributed by atoms with Crippen molar-refractivity contribution in [3.05, 3.63) is 59.4 Å². The third kappa shape index (κ3) is 3.97. The maximum Gasteiger partial charge on any atom is 0.251 e. The maximum atomic E-state index is 9.41. The first-order valence-corrected chi connectivity index (χ1v) is 8.34. The standard InChI is InChI=1S/C19H23N3O3/c1-13-11-16(14(2)24-13)19-21-20-18(25-19)12-22(3)17(9-10-23)15-7-5-4-6-8-15/h4-8,11,17,23H,9-10,12H2,1-3H3. The van der Waals surface area contributed by atoms with Gasteiger partial charge in [-0.05, 0) is 38.9 Å². The Balaban J connectivity index is 1.76. The van der Waals surface area contributed by atoms with Gasteiger partial charge >= 0.3 is 0 Å². The lowest BCUT2D eigenvalue weighted by atomic mass is 10.0. The molecule has 0 bridgehead atoms. The van der Waals surface area contributed by atoms with Crippen LogP contribution < -0.4 is 0 Å². The van der Waals surface area contributed by atoms with Crippen molar-refractivity contribution < 1.29 is 13.9 Å². The summed E-state index contributed by atoms with van der Waals surface area (Å²) in [6.45, 7) is 4.39. The van der Waals surface area contributed by atoms with E-state index >= 15 is 0 Å². The molecule has 0 saturated heterocycles. The quantitative estimate of drug-likeness (QED) is 0.709. The highest BCUT2D eigenvalue weighted by Crippen LogP contribution is 2.27. The summed E-state index contributed by atoms with van der Waals surface area (Å²) in [7, 11) is 1.99. The highest BCUT2D eigenvalue weighted by Gasteiger charge is 2.20. The van der Waals surface area contributed by atoms with Crippen LogP contribution in [0.2, 0.25) is 0 Å². The van der Waals surface area contributed by atoms with E-state index in [-0.39, 0.29) is 12.6 Å². The average molecular weight is 341 g/mol. The number of aliphatic hydroxyl groups is 1. The largest absolute Gasteiger partial charge is 0.466 e. The number of benzene rings is 1. The molecule has 0 aliphatic carbocycles. The molecular formula is C19H23N3O3. The van der Waals surface area contributed by atoms with Gasteiger partial charge in [-0.2, -0.15) is 0 Å². The van der Waals surface area contributed by atoms with Crippen LogP contribution in [0.5, 0.6) is 0 Å². The molecule has 1 atom stereocenters. The van der Waals surface area contributed by atoms with Gasteiger partial charge in [0.25, 0.3) is 5.89 Å². The van der Waals surface area contributed by atoms with E-state index in [1.54, 1.807) is 0 Å². The first-order valence-electron chi connectivity index (χ1n) is 8.34. The smallest absolute Gasteiger partial charge is 0.251 e. The maximum absolute atomic E-state index is 9.41. The van der Waals surface area contributed by atoms with E-state index in [1.807, 2.05) is 45.2 Å². The summed E-state index contributed by atoms with van der Waals surface area (Å²) in [6.07, 6.45) is 0.640. The molecular weight excluding hydrogens is 318 g/mol. The zero-order valence-electron chi connectivity index (χ0n) is 14.8. The van der Waals surface area contributed by atoms with Crippen molar-refractivity contribution in [1.29, 1.82) is 0 Å². The first kappa shape index (κ1) is 17.4. The molecule has 2 heterocycles. The summed E-state index contributed by atoms with van der Waals surface area (Å²) in [6, 6.07) is 12.1. The van der Waals surface area contributed by atoms with Crippen molar-refractivity contribution in [1.82, 2.24) is 15.1 Å². The number of aliphatic hydroxyl groups excluding tert-OH is 1. The molecule has 1 unspecified atom stereocenters. The van der Waals surface area contributed by atoms with E-state index in [0.29, 0.717) is 24.7 Å². The molecule has 1 N–H and O–H groups in total. The molecule has 0 aliphatic rings. The molecule has 1 aromatic carbocycles.